The summed E-state index contributed by atoms with van der Waals surface area (Å²) in [4.78, 5) is 22.4. The Bertz CT molecular complexity index is 504. The Morgan fingerprint density at radius 1 is 1.38 bits per heavy atom. The highest BCUT2D eigenvalue weighted by Crippen LogP contribution is 2.19. The summed E-state index contributed by atoms with van der Waals surface area (Å²) in [6.45, 7) is 4.14. The van der Waals surface area contributed by atoms with E-state index in [9.17, 15) is 14.0 Å². The van der Waals surface area contributed by atoms with Crippen LogP contribution in [0.5, 0.6) is 5.75 Å². The van der Waals surface area contributed by atoms with Crippen LogP contribution in [0, 0.1) is 5.82 Å². The lowest BCUT2D eigenvalue weighted by Gasteiger charge is -2.15. The minimum atomic E-state index is -1.22. The standard InChI is InChI=1S/C15H20FNO4/c1-3-4-5-8-17-14(18)10(2)21-13-7-6-11(15(19)20)9-12(13)16/h6-7,9-10H,3-5,8H2,1-2H3,(H,17,18)(H,19,20). The van der Waals surface area contributed by atoms with E-state index >= 15 is 0 Å². The lowest BCUT2D eigenvalue weighted by atomic mass is 10.2. The molecule has 1 amide bonds. The first kappa shape index (κ1) is 16.9. The van der Waals surface area contributed by atoms with Gasteiger partial charge in [-0.2, -0.15) is 0 Å². The molecular weight excluding hydrogens is 277 g/mol. The fourth-order valence-corrected chi connectivity index (χ4v) is 1.70. The molecule has 0 bridgehead atoms. The Morgan fingerprint density at radius 3 is 2.67 bits per heavy atom. The highest BCUT2D eigenvalue weighted by Gasteiger charge is 2.17. The second-order valence-corrected chi connectivity index (χ2v) is 4.71. The maximum atomic E-state index is 13.7. The third kappa shape index (κ3) is 5.41. The predicted octanol–water partition coefficient (Wildman–Crippen LogP) is 2.60. The highest BCUT2D eigenvalue weighted by atomic mass is 19.1. The molecule has 1 unspecified atom stereocenters. The second-order valence-electron chi connectivity index (χ2n) is 4.71. The van der Waals surface area contributed by atoms with E-state index in [2.05, 4.69) is 12.2 Å². The number of carboxylic acids is 1. The van der Waals surface area contributed by atoms with Crippen LogP contribution in [-0.4, -0.2) is 29.6 Å². The van der Waals surface area contributed by atoms with Crippen LogP contribution in [0.4, 0.5) is 4.39 Å². The van der Waals surface area contributed by atoms with E-state index in [1.165, 1.54) is 19.1 Å². The quantitative estimate of drug-likeness (QED) is 0.723. The number of ether oxygens (including phenoxy) is 1. The van der Waals surface area contributed by atoms with Gasteiger partial charge in [0, 0.05) is 6.54 Å². The molecule has 0 aliphatic heterocycles. The van der Waals surface area contributed by atoms with Gasteiger partial charge >= 0.3 is 5.97 Å². The Balaban J connectivity index is 2.56. The molecule has 0 aliphatic carbocycles. The first-order valence-electron chi connectivity index (χ1n) is 6.93. The number of hydrogen-bond acceptors (Lipinski definition) is 3. The third-order valence-electron chi connectivity index (χ3n) is 2.93. The average Bonchev–Trinajstić information content (AvgIpc) is 2.45. The first-order chi connectivity index (χ1) is 9.95. The van der Waals surface area contributed by atoms with Gasteiger partial charge in [0.05, 0.1) is 5.56 Å². The summed E-state index contributed by atoms with van der Waals surface area (Å²) < 4.78 is 18.9. The largest absolute Gasteiger partial charge is 0.478 e. The maximum absolute atomic E-state index is 13.7. The Hall–Kier alpha value is -2.11. The van der Waals surface area contributed by atoms with Crippen molar-refractivity contribution in [3.8, 4) is 5.75 Å². The van der Waals surface area contributed by atoms with Crippen molar-refractivity contribution >= 4 is 11.9 Å². The number of halogens is 1. The number of benzene rings is 1. The molecule has 1 rings (SSSR count). The molecule has 1 atom stereocenters. The summed E-state index contributed by atoms with van der Waals surface area (Å²) in [6, 6.07) is 3.30. The van der Waals surface area contributed by atoms with E-state index in [0.717, 1.165) is 25.3 Å². The molecule has 1 aromatic carbocycles. The van der Waals surface area contributed by atoms with E-state index in [1.807, 2.05) is 0 Å². The summed E-state index contributed by atoms with van der Waals surface area (Å²) in [5.74, 6) is -2.49. The lowest BCUT2D eigenvalue weighted by molar-refractivity contribution is -0.127. The Labute approximate surface area is 123 Å². The molecule has 0 radical (unpaired) electrons. The number of unbranched alkanes of at least 4 members (excludes halogenated alkanes) is 2. The first-order valence-corrected chi connectivity index (χ1v) is 6.93. The third-order valence-corrected chi connectivity index (χ3v) is 2.93. The minimum Gasteiger partial charge on any atom is -0.478 e. The van der Waals surface area contributed by atoms with Crippen LogP contribution < -0.4 is 10.1 Å². The van der Waals surface area contributed by atoms with Crippen LogP contribution in [0.25, 0.3) is 0 Å². The topological polar surface area (TPSA) is 75.6 Å². The molecule has 0 fully saturated rings. The molecule has 0 saturated carbocycles. The number of carbonyl (C=O) groups excluding carboxylic acids is 1. The number of aromatic carboxylic acids is 1. The van der Waals surface area contributed by atoms with Crippen LogP contribution in [0.3, 0.4) is 0 Å². The minimum absolute atomic E-state index is 0.142. The van der Waals surface area contributed by atoms with Crippen LogP contribution >= 0.6 is 0 Å². The van der Waals surface area contributed by atoms with E-state index in [4.69, 9.17) is 9.84 Å². The highest BCUT2D eigenvalue weighted by molar-refractivity contribution is 5.87. The number of hydrogen-bond donors (Lipinski definition) is 2. The van der Waals surface area contributed by atoms with Crippen molar-refractivity contribution in [1.29, 1.82) is 0 Å². The fraction of sp³-hybridized carbons (Fsp3) is 0.467. The van der Waals surface area contributed by atoms with Gasteiger partial charge in [0.15, 0.2) is 17.7 Å². The molecule has 0 saturated heterocycles. The molecule has 2 N–H and O–H groups in total. The van der Waals surface area contributed by atoms with Crippen molar-refractivity contribution in [1.82, 2.24) is 5.32 Å². The van der Waals surface area contributed by atoms with Gasteiger partial charge in [0.25, 0.3) is 5.91 Å². The summed E-state index contributed by atoms with van der Waals surface area (Å²) >= 11 is 0. The van der Waals surface area contributed by atoms with Gasteiger partial charge in [0.1, 0.15) is 0 Å². The van der Waals surface area contributed by atoms with Crippen molar-refractivity contribution < 1.29 is 23.8 Å². The second kappa shape index (κ2) is 8.24. The summed E-state index contributed by atoms with van der Waals surface area (Å²) in [6.07, 6.45) is 2.12. The normalized spacial score (nSPS) is 11.8. The summed E-state index contributed by atoms with van der Waals surface area (Å²) in [5, 5.41) is 11.4. The Kier molecular flexibility index (Phi) is 6.65. The van der Waals surface area contributed by atoms with Crippen LogP contribution in [0.1, 0.15) is 43.5 Å². The summed E-state index contributed by atoms with van der Waals surface area (Å²) in [7, 11) is 0. The molecule has 116 valence electrons. The molecule has 6 heteroatoms. The lowest BCUT2D eigenvalue weighted by Crippen LogP contribution is -2.37. The van der Waals surface area contributed by atoms with Crippen LogP contribution in [0.15, 0.2) is 18.2 Å². The van der Waals surface area contributed by atoms with Crippen molar-refractivity contribution in [2.24, 2.45) is 0 Å². The zero-order valence-corrected chi connectivity index (χ0v) is 12.2. The molecular formula is C15H20FNO4. The number of amides is 1. The van der Waals surface area contributed by atoms with Gasteiger partial charge in [-0.05, 0) is 31.5 Å². The number of nitrogens with one attached hydrogen (secondary N) is 1. The Morgan fingerprint density at radius 2 is 2.10 bits per heavy atom. The molecule has 0 aliphatic rings. The van der Waals surface area contributed by atoms with Gasteiger partial charge in [-0.3, -0.25) is 4.79 Å². The van der Waals surface area contributed by atoms with Gasteiger partial charge < -0.3 is 15.2 Å². The fourth-order valence-electron chi connectivity index (χ4n) is 1.70. The van der Waals surface area contributed by atoms with Crippen LogP contribution in [0.2, 0.25) is 0 Å². The van der Waals surface area contributed by atoms with Gasteiger partial charge in [0.2, 0.25) is 0 Å². The molecule has 1 aromatic rings. The van der Waals surface area contributed by atoms with E-state index in [-0.39, 0.29) is 17.2 Å². The van der Waals surface area contributed by atoms with Crippen molar-refractivity contribution in [3.63, 3.8) is 0 Å². The zero-order valence-electron chi connectivity index (χ0n) is 12.2. The smallest absolute Gasteiger partial charge is 0.335 e. The molecule has 5 nitrogen and oxygen atoms in total. The van der Waals surface area contributed by atoms with E-state index in [0.29, 0.717) is 6.54 Å². The van der Waals surface area contributed by atoms with Gasteiger partial charge in [-0.1, -0.05) is 19.8 Å². The van der Waals surface area contributed by atoms with Crippen molar-refractivity contribution in [2.45, 2.75) is 39.2 Å². The van der Waals surface area contributed by atoms with Gasteiger partial charge in [-0.25, -0.2) is 9.18 Å². The summed E-state index contributed by atoms with van der Waals surface area (Å²) in [5.41, 5.74) is -0.170. The SMILES string of the molecule is CCCCCNC(=O)C(C)Oc1ccc(C(=O)O)cc1F. The predicted molar refractivity (Wildman–Crippen MR) is 76.0 cm³/mol. The molecule has 0 spiro atoms. The van der Waals surface area contributed by atoms with Crippen molar-refractivity contribution in [2.75, 3.05) is 6.54 Å². The number of rotatable bonds is 8. The molecule has 0 heterocycles. The van der Waals surface area contributed by atoms with E-state index in [1.54, 1.807) is 0 Å². The van der Waals surface area contributed by atoms with E-state index < -0.39 is 17.9 Å². The molecule has 0 aromatic heterocycles. The number of carboxylic acid groups (broad SMARTS) is 1. The average molecular weight is 297 g/mol. The van der Waals surface area contributed by atoms with Crippen molar-refractivity contribution in [3.05, 3.63) is 29.6 Å². The zero-order chi connectivity index (χ0) is 15.8. The van der Waals surface area contributed by atoms with Crippen LogP contribution in [-0.2, 0) is 4.79 Å². The molecule has 21 heavy (non-hydrogen) atoms. The monoisotopic (exact) mass is 297 g/mol. The van der Waals surface area contributed by atoms with Gasteiger partial charge in [-0.15, -0.1) is 0 Å². The number of carbonyl (C=O) groups is 2. The maximum Gasteiger partial charge on any atom is 0.335 e.